The highest BCUT2D eigenvalue weighted by Gasteiger charge is 2.30. The van der Waals surface area contributed by atoms with Crippen LogP contribution >= 0.6 is 11.6 Å². The third-order valence-corrected chi connectivity index (χ3v) is 4.27. The van der Waals surface area contributed by atoms with Gasteiger partial charge in [-0.2, -0.15) is 0 Å². The molecule has 0 unspecified atom stereocenters. The molecule has 0 bridgehead atoms. The van der Waals surface area contributed by atoms with Crippen LogP contribution in [0.25, 0.3) is 11.0 Å². The Bertz CT molecular complexity index is 766. The van der Waals surface area contributed by atoms with E-state index >= 15 is 0 Å². The number of ether oxygens (including phenoxy) is 2. The molecule has 122 valence electrons. The standard InChI is InChI=1S/C17H20ClN3O2/c1-5-12-8-14(11(2)23-17(3,4)22-9-12)21-7-6-13-15(18)19-10-20-16(13)21/h5-8,10-11,14H,1,9H2,2-4H3/b12-8-/t11-,14-/m1/s1. The third-order valence-electron chi connectivity index (χ3n) is 3.97. The lowest BCUT2D eigenvalue weighted by atomic mass is 10.1. The zero-order valence-corrected chi connectivity index (χ0v) is 14.2. The van der Waals surface area contributed by atoms with Crippen molar-refractivity contribution in [3.8, 4) is 0 Å². The fraction of sp³-hybridized carbons (Fsp3) is 0.412. The lowest BCUT2D eigenvalue weighted by molar-refractivity contribution is -0.236. The number of rotatable bonds is 2. The average Bonchev–Trinajstić information content (AvgIpc) is 2.91. The summed E-state index contributed by atoms with van der Waals surface area (Å²) in [5.74, 6) is -0.671. The van der Waals surface area contributed by atoms with Crippen LogP contribution in [-0.2, 0) is 9.47 Å². The molecule has 1 aliphatic rings. The summed E-state index contributed by atoms with van der Waals surface area (Å²) >= 11 is 6.16. The van der Waals surface area contributed by atoms with Crippen LogP contribution in [-0.4, -0.2) is 33.0 Å². The van der Waals surface area contributed by atoms with Gasteiger partial charge in [-0.1, -0.05) is 30.3 Å². The minimum absolute atomic E-state index is 0.0466. The number of halogens is 1. The molecule has 0 spiro atoms. The first kappa shape index (κ1) is 16.2. The van der Waals surface area contributed by atoms with Gasteiger partial charge >= 0.3 is 0 Å². The van der Waals surface area contributed by atoms with Crippen molar-refractivity contribution in [2.45, 2.75) is 38.7 Å². The van der Waals surface area contributed by atoms with E-state index in [9.17, 15) is 0 Å². The molecule has 1 aliphatic heterocycles. The fourth-order valence-electron chi connectivity index (χ4n) is 2.83. The number of nitrogens with zero attached hydrogens (tertiary/aromatic N) is 3. The molecule has 0 fully saturated rings. The van der Waals surface area contributed by atoms with Gasteiger partial charge in [-0.05, 0) is 32.4 Å². The monoisotopic (exact) mass is 333 g/mol. The molecule has 2 atom stereocenters. The predicted octanol–water partition coefficient (Wildman–Crippen LogP) is 3.91. The van der Waals surface area contributed by atoms with Crippen molar-refractivity contribution in [1.82, 2.24) is 14.5 Å². The maximum atomic E-state index is 6.16. The Morgan fingerprint density at radius 3 is 2.96 bits per heavy atom. The molecule has 5 nitrogen and oxygen atoms in total. The lowest BCUT2D eigenvalue weighted by Crippen LogP contribution is -2.38. The number of hydrogen-bond donors (Lipinski definition) is 0. The Kier molecular flexibility index (Phi) is 4.27. The largest absolute Gasteiger partial charge is 0.346 e. The summed E-state index contributed by atoms with van der Waals surface area (Å²) in [5, 5.41) is 1.28. The second kappa shape index (κ2) is 6.07. The molecule has 6 heteroatoms. The van der Waals surface area contributed by atoms with Gasteiger partial charge in [0, 0.05) is 6.20 Å². The SMILES string of the molecule is C=C/C1=C/[C@@H](n2ccc3c(Cl)ncnc32)[C@@H](C)OC(C)(C)OC1. The molecule has 0 saturated heterocycles. The van der Waals surface area contributed by atoms with Gasteiger partial charge in [-0.15, -0.1) is 0 Å². The summed E-state index contributed by atoms with van der Waals surface area (Å²) in [5.41, 5.74) is 1.80. The molecule has 0 amide bonds. The van der Waals surface area contributed by atoms with E-state index in [1.807, 2.05) is 39.1 Å². The Morgan fingerprint density at radius 2 is 2.22 bits per heavy atom. The van der Waals surface area contributed by atoms with Crippen LogP contribution in [0.4, 0.5) is 0 Å². The van der Waals surface area contributed by atoms with Crippen LogP contribution in [0.5, 0.6) is 0 Å². The number of aromatic nitrogens is 3. The lowest BCUT2D eigenvalue weighted by Gasteiger charge is -2.35. The molecule has 3 heterocycles. The van der Waals surface area contributed by atoms with Gasteiger partial charge in [0.2, 0.25) is 0 Å². The van der Waals surface area contributed by atoms with E-state index in [2.05, 4.69) is 27.2 Å². The van der Waals surface area contributed by atoms with Crippen molar-refractivity contribution in [2.24, 2.45) is 0 Å². The molecular weight excluding hydrogens is 314 g/mol. The average molecular weight is 334 g/mol. The van der Waals surface area contributed by atoms with Gasteiger partial charge in [0.25, 0.3) is 0 Å². The fourth-order valence-corrected chi connectivity index (χ4v) is 3.02. The summed E-state index contributed by atoms with van der Waals surface area (Å²) in [6.07, 6.45) is 7.23. The predicted molar refractivity (Wildman–Crippen MR) is 90.4 cm³/mol. The van der Waals surface area contributed by atoms with Gasteiger partial charge in [-0.25, -0.2) is 9.97 Å². The van der Waals surface area contributed by atoms with Crippen LogP contribution in [0.15, 0.2) is 42.9 Å². The summed E-state index contributed by atoms with van der Waals surface area (Å²) in [6, 6.07) is 1.88. The van der Waals surface area contributed by atoms with Gasteiger partial charge in [0.15, 0.2) is 5.79 Å². The summed E-state index contributed by atoms with van der Waals surface area (Å²) < 4.78 is 13.9. The second-order valence-electron chi connectivity index (χ2n) is 6.07. The van der Waals surface area contributed by atoms with Crippen LogP contribution in [0.1, 0.15) is 26.8 Å². The van der Waals surface area contributed by atoms with Gasteiger partial charge < -0.3 is 14.0 Å². The maximum Gasteiger partial charge on any atom is 0.163 e. The van der Waals surface area contributed by atoms with Gasteiger partial charge in [-0.3, -0.25) is 0 Å². The minimum Gasteiger partial charge on any atom is -0.346 e. The van der Waals surface area contributed by atoms with Gasteiger partial charge in [0.05, 0.1) is 24.1 Å². The summed E-state index contributed by atoms with van der Waals surface area (Å²) in [7, 11) is 0. The molecular formula is C17H20ClN3O2. The first-order valence-corrected chi connectivity index (χ1v) is 7.91. The van der Waals surface area contributed by atoms with E-state index in [0.29, 0.717) is 11.8 Å². The molecule has 3 rings (SSSR count). The molecule has 0 radical (unpaired) electrons. The maximum absolute atomic E-state index is 6.16. The molecule has 0 N–H and O–H groups in total. The Balaban J connectivity index is 2.11. The van der Waals surface area contributed by atoms with Crippen molar-refractivity contribution in [1.29, 1.82) is 0 Å². The van der Waals surface area contributed by atoms with Crippen molar-refractivity contribution < 1.29 is 9.47 Å². The van der Waals surface area contributed by atoms with Crippen LogP contribution in [0.2, 0.25) is 5.15 Å². The molecule has 0 saturated carbocycles. The van der Waals surface area contributed by atoms with Crippen LogP contribution < -0.4 is 0 Å². The second-order valence-corrected chi connectivity index (χ2v) is 6.43. The Morgan fingerprint density at radius 1 is 1.43 bits per heavy atom. The van der Waals surface area contributed by atoms with E-state index in [-0.39, 0.29) is 12.1 Å². The van der Waals surface area contributed by atoms with Gasteiger partial charge in [0.1, 0.15) is 17.1 Å². The van der Waals surface area contributed by atoms with Crippen LogP contribution in [0, 0.1) is 0 Å². The van der Waals surface area contributed by atoms with E-state index in [0.717, 1.165) is 16.6 Å². The Hall–Kier alpha value is -1.69. The first-order chi connectivity index (χ1) is 10.9. The normalized spacial score (nSPS) is 27.0. The van der Waals surface area contributed by atoms with Crippen molar-refractivity contribution >= 4 is 22.6 Å². The highest BCUT2D eigenvalue weighted by Crippen LogP contribution is 2.31. The van der Waals surface area contributed by atoms with E-state index < -0.39 is 5.79 Å². The highest BCUT2D eigenvalue weighted by molar-refractivity contribution is 6.33. The van der Waals surface area contributed by atoms with Crippen molar-refractivity contribution in [3.63, 3.8) is 0 Å². The summed E-state index contributed by atoms with van der Waals surface area (Å²) in [6.45, 7) is 10.2. The molecule has 0 aliphatic carbocycles. The smallest absolute Gasteiger partial charge is 0.163 e. The zero-order valence-electron chi connectivity index (χ0n) is 13.5. The highest BCUT2D eigenvalue weighted by atomic mass is 35.5. The van der Waals surface area contributed by atoms with Crippen molar-refractivity contribution in [2.75, 3.05) is 6.61 Å². The third kappa shape index (κ3) is 3.17. The van der Waals surface area contributed by atoms with E-state index in [1.165, 1.54) is 6.33 Å². The topological polar surface area (TPSA) is 49.2 Å². The van der Waals surface area contributed by atoms with E-state index in [1.54, 1.807) is 0 Å². The Labute approximate surface area is 140 Å². The van der Waals surface area contributed by atoms with Crippen LogP contribution in [0.3, 0.4) is 0 Å². The number of hydrogen-bond acceptors (Lipinski definition) is 4. The van der Waals surface area contributed by atoms with E-state index in [4.69, 9.17) is 21.1 Å². The number of fused-ring (bicyclic) bond motifs is 1. The molecule has 2 aromatic rings. The molecule has 0 aromatic carbocycles. The quantitative estimate of drug-likeness (QED) is 0.782. The minimum atomic E-state index is -0.671. The van der Waals surface area contributed by atoms with Crippen molar-refractivity contribution in [3.05, 3.63) is 48.0 Å². The first-order valence-electron chi connectivity index (χ1n) is 7.53. The summed E-state index contributed by atoms with van der Waals surface area (Å²) in [4.78, 5) is 8.41. The molecule has 2 aromatic heterocycles. The molecule has 23 heavy (non-hydrogen) atoms. The zero-order chi connectivity index (χ0) is 16.6.